The minimum Gasteiger partial charge on any atom is -0.480 e. The van der Waals surface area contributed by atoms with Crippen LogP contribution in [0.2, 0.25) is 0 Å². The summed E-state index contributed by atoms with van der Waals surface area (Å²) in [6.45, 7) is 4.00. The van der Waals surface area contributed by atoms with Crippen molar-refractivity contribution in [2.45, 2.75) is 26.7 Å². The van der Waals surface area contributed by atoms with Gasteiger partial charge in [0.15, 0.2) is 5.82 Å². The number of hydrogen-bond acceptors (Lipinski definition) is 4. The first-order valence-electron chi connectivity index (χ1n) is 7.58. The summed E-state index contributed by atoms with van der Waals surface area (Å²) in [6.07, 6.45) is 1.47. The van der Waals surface area contributed by atoms with Crippen LogP contribution in [0.1, 0.15) is 36.5 Å². The second-order valence-electron chi connectivity index (χ2n) is 5.16. The molecule has 122 valence electrons. The number of carboxylic acids is 1. The third-order valence-corrected chi connectivity index (χ3v) is 3.36. The maximum absolute atomic E-state index is 12.4. The summed E-state index contributed by atoms with van der Waals surface area (Å²) in [7, 11) is 0. The van der Waals surface area contributed by atoms with E-state index in [2.05, 4.69) is 15.2 Å². The number of carbonyl (C=O) groups is 2. The van der Waals surface area contributed by atoms with Gasteiger partial charge < -0.3 is 10.0 Å². The number of carbonyl (C=O) groups excluding carboxylic acids is 1. The lowest BCUT2D eigenvalue weighted by Crippen LogP contribution is -2.36. The number of amides is 1. The van der Waals surface area contributed by atoms with Crippen LogP contribution in [-0.4, -0.2) is 50.2 Å². The molecule has 0 aliphatic carbocycles. The first-order valence-corrected chi connectivity index (χ1v) is 7.58. The van der Waals surface area contributed by atoms with E-state index >= 15 is 0 Å². The molecule has 2 N–H and O–H groups in total. The fraction of sp³-hybridized carbons (Fsp3) is 0.375. The molecule has 7 heteroatoms. The van der Waals surface area contributed by atoms with Crippen molar-refractivity contribution in [2.75, 3.05) is 13.1 Å². The van der Waals surface area contributed by atoms with Crippen LogP contribution in [0.25, 0.3) is 11.4 Å². The first-order chi connectivity index (χ1) is 11.0. The summed E-state index contributed by atoms with van der Waals surface area (Å²) < 4.78 is 0. The van der Waals surface area contributed by atoms with Gasteiger partial charge in [-0.2, -0.15) is 5.10 Å². The van der Waals surface area contributed by atoms with Gasteiger partial charge in [-0.05, 0) is 18.6 Å². The Bertz CT molecular complexity index is 679. The minimum absolute atomic E-state index is 0.287. The van der Waals surface area contributed by atoms with Gasteiger partial charge in [-0.25, -0.2) is 4.98 Å². The Kier molecular flexibility index (Phi) is 5.46. The molecule has 7 nitrogen and oxygen atoms in total. The number of rotatable bonds is 7. The second kappa shape index (κ2) is 7.53. The van der Waals surface area contributed by atoms with Gasteiger partial charge in [0.05, 0.1) is 0 Å². The molecule has 2 rings (SSSR count). The topological polar surface area (TPSA) is 99.2 Å². The molecule has 0 atom stereocenters. The Morgan fingerprint density at radius 3 is 2.43 bits per heavy atom. The number of aromatic nitrogens is 3. The Morgan fingerprint density at radius 2 is 1.91 bits per heavy atom. The number of nitrogens with zero attached hydrogens (tertiary/aromatic N) is 3. The molecule has 0 saturated heterocycles. The molecule has 1 amide bonds. The highest BCUT2D eigenvalue weighted by Gasteiger charge is 2.18. The van der Waals surface area contributed by atoms with Crippen LogP contribution in [0.4, 0.5) is 0 Å². The molecule has 0 fully saturated rings. The molecule has 0 saturated carbocycles. The van der Waals surface area contributed by atoms with Gasteiger partial charge in [-0.15, -0.1) is 0 Å². The van der Waals surface area contributed by atoms with Gasteiger partial charge in [-0.1, -0.05) is 26.0 Å². The first kappa shape index (κ1) is 16.7. The number of H-pyrrole nitrogens is 1. The maximum Gasteiger partial charge on any atom is 0.323 e. The average Bonchev–Trinajstić information content (AvgIpc) is 3.02. The summed E-state index contributed by atoms with van der Waals surface area (Å²) in [5.74, 6) is 0.0776. The Balaban J connectivity index is 2.16. The van der Waals surface area contributed by atoms with Crippen LogP contribution in [0, 0.1) is 0 Å². The van der Waals surface area contributed by atoms with Gasteiger partial charge in [0.25, 0.3) is 5.91 Å². The largest absolute Gasteiger partial charge is 0.480 e. The van der Waals surface area contributed by atoms with Crippen LogP contribution in [0.15, 0.2) is 24.3 Å². The van der Waals surface area contributed by atoms with Gasteiger partial charge in [-0.3, -0.25) is 14.7 Å². The van der Waals surface area contributed by atoms with E-state index in [0.29, 0.717) is 24.4 Å². The van der Waals surface area contributed by atoms with E-state index in [4.69, 9.17) is 5.11 Å². The van der Waals surface area contributed by atoms with E-state index in [1.807, 2.05) is 13.8 Å². The van der Waals surface area contributed by atoms with E-state index in [9.17, 15) is 9.59 Å². The van der Waals surface area contributed by atoms with E-state index in [1.54, 1.807) is 24.3 Å². The predicted molar refractivity (Wildman–Crippen MR) is 85.0 cm³/mol. The van der Waals surface area contributed by atoms with Crippen LogP contribution in [0.3, 0.4) is 0 Å². The van der Waals surface area contributed by atoms with Crippen LogP contribution < -0.4 is 0 Å². The summed E-state index contributed by atoms with van der Waals surface area (Å²) in [4.78, 5) is 28.9. The number of nitrogens with one attached hydrogen (secondary N) is 1. The average molecular weight is 316 g/mol. The smallest absolute Gasteiger partial charge is 0.323 e. The highest BCUT2D eigenvalue weighted by atomic mass is 16.4. The maximum atomic E-state index is 12.4. The summed E-state index contributed by atoms with van der Waals surface area (Å²) in [6, 6.07) is 6.87. The molecule has 0 aliphatic heterocycles. The predicted octanol–water partition coefficient (Wildman–Crippen LogP) is 1.97. The number of aryl methyl sites for hydroxylation is 1. The van der Waals surface area contributed by atoms with Crippen molar-refractivity contribution in [3.63, 3.8) is 0 Å². The molecular weight excluding hydrogens is 296 g/mol. The molecule has 0 aliphatic rings. The van der Waals surface area contributed by atoms with Crippen LogP contribution in [-0.2, 0) is 11.2 Å². The van der Waals surface area contributed by atoms with Crippen molar-refractivity contribution < 1.29 is 14.7 Å². The molecule has 0 spiro atoms. The van der Waals surface area contributed by atoms with Crippen molar-refractivity contribution in [3.05, 3.63) is 35.7 Å². The third-order valence-electron chi connectivity index (χ3n) is 3.36. The molecule has 0 unspecified atom stereocenters. The fourth-order valence-electron chi connectivity index (χ4n) is 2.21. The molecule has 1 heterocycles. The SMILES string of the molecule is CCCN(CC(=O)O)C(=O)c1ccc(-c2n[nH]c(CC)n2)cc1. The Hall–Kier alpha value is -2.70. The fourth-order valence-corrected chi connectivity index (χ4v) is 2.21. The van der Waals surface area contributed by atoms with Crippen molar-refractivity contribution in [1.82, 2.24) is 20.1 Å². The zero-order valence-corrected chi connectivity index (χ0v) is 13.2. The highest BCUT2D eigenvalue weighted by molar-refractivity contribution is 5.96. The van der Waals surface area contributed by atoms with E-state index in [0.717, 1.165) is 17.8 Å². The Morgan fingerprint density at radius 1 is 1.22 bits per heavy atom. The molecular formula is C16H20N4O3. The number of aliphatic carboxylic acids is 1. The lowest BCUT2D eigenvalue weighted by atomic mass is 10.1. The van der Waals surface area contributed by atoms with Crippen molar-refractivity contribution in [3.8, 4) is 11.4 Å². The quantitative estimate of drug-likeness (QED) is 0.813. The summed E-state index contributed by atoms with van der Waals surface area (Å²) >= 11 is 0. The molecule has 0 bridgehead atoms. The number of hydrogen-bond donors (Lipinski definition) is 2. The van der Waals surface area contributed by atoms with Crippen molar-refractivity contribution in [1.29, 1.82) is 0 Å². The minimum atomic E-state index is -1.02. The third kappa shape index (κ3) is 4.15. The Labute approximate surface area is 134 Å². The van der Waals surface area contributed by atoms with E-state index < -0.39 is 5.97 Å². The summed E-state index contributed by atoms with van der Waals surface area (Å²) in [5.41, 5.74) is 1.26. The lowest BCUT2D eigenvalue weighted by molar-refractivity contribution is -0.137. The zero-order chi connectivity index (χ0) is 16.8. The zero-order valence-electron chi connectivity index (χ0n) is 13.2. The van der Waals surface area contributed by atoms with Gasteiger partial charge in [0.2, 0.25) is 0 Å². The molecule has 1 aromatic carbocycles. The lowest BCUT2D eigenvalue weighted by Gasteiger charge is -2.20. The van der Waals surface area contributed by atoms with Crippen molar-refractivity contribution in [2.24, 2.45) is 0 Å². The van der Waals surface area contributed by atoms with E-state index in [-0.39, 0.29) is 12.5 Å². The van der Waals surface area contributed by atoms with Crippen molar-refractivity contribution >= 4 is 11.9 Å². The monoisotopic (exact) mass is 316 g/mol. The highest BCUT2D eigenvalue weighted by Crippen LogP contribution is 2.16. The molecule has 1 aromatic heterocycles. The second-order valence-corrected chi connectivity index (χ2v) is 5.16. The van der Waals surface area contributed by atoms with Crippen LogP contribution in [0.5, 0.6) is 0 Å². The van der Waals surface area contributed by atoms with Gasteiger partial charge >= 0.3 is 5.97 Å². The number of carboxylic acid groups (broad SMARTS) is 1. The molecule has 23 heavy (non-hydrogen) atoms. The standard InChI is InChI=1S/C16H20N4O3/c1-3-9-20(10-14(21)22)16(23)12-7-5-11(6-8-12)15-17-13(4-2)18-19-15/h5-8H,3-4,9-10H2,1-2H3,(H,21,22)(H,17,18,19). The van der Waals surface area contributed by atoms with Gasteiger partial charge in [0, 0.05) is 24.1 Å². The normalized spacial score (nSPS) is 10.5. The van der Waals surface area contributed by atoms with E-state index in [1.165, 1.54) is 4.90 Å². The summed E-state index contributed by atoms with van der Waals surface area (Å²) in [5, 5.41) is 15.9. The molecule has 2 aromatic rings. The number of benzene rings is 1. The van der Waals surface area contributed by atoms with Gasteiger partial charge in [0.1, 0.15) is 12.4 Å². The number of aromatic amines is 1. The molecule has 0 radical (unpaired) electrons. The van der Waals surface area contributed by atoms with Crippen LogP contribution >= 0.6 is 0 Å².